The van der Waals surface area contributed by atoms with Gasteiger partial charge in [-0.15, -0.1) is 0 Å². The molecule has 0 aliphatic rings. The maximum atomic E-state index is 14.5. The van der Waals surface area contributed by atoms with Crippen LogP contribution in [-0.4, -0.2) is 12.6 Å². The monoisotopic (exact) mass is 497 g/mol. The smallest absolute Gasteiger partial charge is 0.346 e. The van der Waals surface area contributed by atoms with Crippen LogP contribution in [0.25, 0.3) is 12.2 Å². The highest BCUT2D eigenvalue weighted by Crippen LogP contribution is 2.22. The average Bonchev–Trinajstić information content (AvgIpc) is 2.83. The molecule has 3 rings (SSSR count). The van der Waals surface area contributed by atoms with Crippen molar-refractivity contribution in [2.75, 3.05) is 6.61 Å². The Morgan fingerprint density at radius 3 is 2.31 bits per heavy atom. The van der Waals surface area contributed by atoms with E-state index in [1.54, 1.807) is 12.1 Å². The molecule has 0 aliphatic carbocycles. The lowest BCUT2D eigenvalue weighted by atomic mass is 10.1. The van der Waals surface area contributed by atoms with Crippen LogP contribution in [0.4, 0.5) is 17.6 Å². The van der Waals surface area contributed by atoms with Crippen LogP contribution in [0.5, 0.6) is 5.75 Å². The van der Waals surface area contributed by atoms with Crippen LogP contribution in [0, 0.1) is 34.6 Å². The second-order valence-electron chi connectivity index (χ2n) is 7.95. The lowest BCUT2D eigenvalue weighted by Crippen LogP contribution is -2.11. The van der Waals surface area contributed by atoms with Gasteiger partial charge in [0.15, 0.2) is 0 Å². The molecule has 3 aromatic rings. The summed E-state index contributed by atoms with van der Waals surface area (Å²) in [5.74, 6) is -5.49. The highest BCUT2D eigenvalue weighted by molar-refractivity contribution is 5.91. The normalized spacial score (nSPS) is 11.0. The molecule has 0 spiro atoms. The summed E-state index contributed by atoms with van der Waals surface area (Å²) in [4.78, 5) is 12.3. The first-order valence-electron chi connectivity index (χ1n) is 11.3. The van der Waals surface area contributed by atoms with Crippen molar-refractivity contribution in [3.05, 3.63) is 99.6 Å². The number of carbonyl (C=O) groups excluding carboxylic acids is 1. The fraction of sp³-hybridized carbons (Fsp3) is 0.214. The molecular formula is C28H23F4NO3. The van der Waals surface area contributed by atoms with E-state index in [0.717, 1.165) is 31.4 Å². The number of nitriles is 1. The van der Waals surface area contributed by atoms with E-state index in [1.165, 1.54) is 30.4 Å². The lowest BCUT2D eigenvalue weighted by Gasteiger charge is -2.07. The van der Waals surface area contributed by atoms with Crippen LogP contribution < -0.4 is 4.74 Å². The van der Waals surface area contributed by atoms with Gasteiger partial charge in [-0.25, -0.2) is 22.4 Å². The van der Waals surface area contributed by atoms with Crippen molar-refractivity contribution in [3.63, 3.8) is 0 Å². The van der Waals surface area contributed by atoms with Crippen LogP contribution in [0.2, 0.25) is 0 Å². The number of ether oxygens (including phenoxy) is 2. The van der Waals surface area contributed by atoms with Gasteiger partial charge in [-0.2, -0.15) is 5.26 Å². The Balaban J connectivity index is 1.65. The second kappa shape index (κ2) is 12.7. The first-order valence-corrected chi connectivity index (χ1v) is 11.3. The van der Waals surface area contributed by atoms with Crippen molar-refractivity contribution in [1.29, 1.82) is 5.26 Å². The maximum absolute atomic E-state index is 14.5. The minimum atomic E-state index is -1.21. The molecule has 0 saturated carbocycles. The molecule has 0 fully saturated rings. The number of benzene rings is 3. The number of nitrogens with zero attached hydrogens (tertiary/aromatic N) is 1. The fourth-order valence-corrected chi connectivity index (χ4v) is 3.30. The van der Waals surface area contributed by atoms with E-state index in [1.807, 2.05) is 0 Å². The van der Waals surface area contributed by atoms with Crippen molar-refractivity contribution < 1.29 is 31.8 Å². The minimum absolute atomic E-state index is 0.290. The third-order valence-corrected chi connectivity index (χ3v) is 5.23. The SMILES string of the molecule is CCCCCOCc1ccc(C=Cc2ccc(C(=O)Oc3cc(F)c(C#N)c(F)c3)c(F)c2)c(F)c1. The van der Waals surface area contributed by atoms with Gasteiger partial charge >= 0.3 is 5.97 Å². The summed E-state index contributed by atoms with van der Waals surface area (Å²) in [5, 5.41) is 8.69. The molecule has 3 aromatic carbocycles. The van der Waals surface area contributed by atoms with Crippen LogP contribution in [-0.2, 0) is 11.3 Å². The summed E-state index contributed by atoms with van der Waals surface area (Å²) < 4.78 is 66.7. The van der Waals surface area contributed by atoms with E-state index in [2.05, 4.69) is 6.92 Å². The zero-order valence-corrected chi connectivity index (χ0v) is 19.5. The van der Waals surface area contributed by atoms with E-state index in [-0.39, 0.29) is 0 Å². The first-order chi connectivity index (χ1) is 17.3. The largest absolute Gasteiger partial charge is 0.423 e. The Morgan fingerprint density at radius 1 is 0.917 bits per heavy atom. The van der Waals surface area contributed by atoms with Crippen LogP contribution in [0.1, 0.15) is 58.8 Å². The Labute approximate surface area is 206 Å². The molecule has 4 nitrogen and oxygen atoms in total. The molecule has 8 heteroatoms. The minimum Gasteiger partial charge on any atom is -0.423 e. The topological polar surface area (TPSA) is 59.3 Å². The molecule has 0 N–H and O–H groups in total. The Hall–Kier alpha value is -3.96. The molecule has 0 atom stereocenters. The molecule has 36 heavy (non-hydrogen) atoms. The summed E-state index contributed by atoms with van der Waals surface area (Å²) >= 11 is 0. The van der Waals surface area contributed by atoms with Gasteiger partial charge in [0.1, 0.15) is 40.7 Å². The molecule has 0 radical (unpaired) electrons. The summed E-state index contributed by atoms with van der Waals surface area (Å²) in [6, 6.07) is 11.0. The number of unbranched alkanes of at least 4 members (excludes halogenated alkanes) is 2. The van der Waals surface area contributed by atoms with E-state index >= 15 is 0 Å². The summed E-state index contributed by atoms with van der Waals surface area (Å²) in [5.41, 5.74) is 0.0589. The van der Waals surface area contributed by atoms with Crippen molar-refractivity contribution >= 4 is 18.1 Å². The molecule has 0 amide bonds. The zero-order valence-electron chi connectivity index (χ0n) is 19.5. The molecule has 0 bridgehead atoms. The van der Waals surface area contributed by atoms with Gasteiger partial charge < -0.3 is 9.47 Å². The van der Waals surface area contributed by atoms with Crippen LogP contribution in [0.15, 0.2) is 48.5 Å². The van der Waals surface area contributed by atoms with Crippen molar-refractivity contribution in [2.24, 2.45) is 0 Å². The Bertz CT molecular complexity index is 1290. The van der Waals surface area contributed by atoms with Gasteiger partial charge in [-0.05, 0) is 35.7 Å². The molecule has 0 saturated heterocycles. The number of halogens is 4. The summed E-state index contributed by atoms with van der Waals surface area (Å²) in [6.07, 6.45) is 6.08. The molecule has 186 valence electrons. The van der Waals surface area contributed by atoms with Crippen LogP contribution >= 0.6 is 0 Å². The Kier molecular flexibility index (Phi) is 9.37. The molecule has 0 aliphatic heterocycles. The predicted molar refractivity (Wildman–Crippen MR) is 127 cm³/mol. The third kappa shape index (κ3) is 7.03. The van der Waals surface area contributed by atoms with Crippen molar-refractivity contribution in [3.8, 4) is 11.8 Å². The average molecular weight is 497 g/mol. The molecule has 0 aromatic heterocycles. The number of carbonyl (C=O) groups is 1. The lowest BCUT2D eigenvalue weighted by molar-refractivity contribution is 0.0729. The number of hydrogen-bond donors (Lipinski definition) is 0. The van der Waals surface area contributed by atoms with E-state index < -0.39 is 46.1 Å². The van der Waals surface area contributed by atoms with Gasteiger partial charge in [0.05, 0.1) is 12.2 Å². The zero-order chi connectivity index (χ0) is 26.1. The van der Waals surface area contributed by atoms with Crippen molar-refractivity contribution in [1.82, 2.24) is 0 Å². The molecule has 0 unspecified atom stereocenters. The number of esters is 1. The van der Waals surface area contributed by atoms with Gasteiger partial charge in [0, 0.05) is 24.3 Å². The van der Waals surface area contributed by atoms with Crippen LogP contribution in [0.3, 0.4) is 0 Å². The first kappa shape index (κ1) is 26.6. The van der Waals surface area contributed by atoms with E-state index in [9.17, 15) is 22.4 Å². The van der Waals surface area contributed by atoms with E-state index in [0.29, 0.717) is 42.0 Å². The molecular weight excluding hydrogens is 474 g/mol. The fourth-order valence-electron chi connectivity index (χ4n) is 3.30. The number of rotatable bonds is 10. The maximum Gasteiger partial charge on any atom is 0.346 e. The highest BCUT2D eigenvalue weighted by Gasteiger charge is 2.17. The quantitative estimate of drug-likeness (QED) is 0.0976. The predicted octanol–water partition coefficient (Wildman–Crippen LogP) is 7.21. The highest BCUT2D eigenvalue weighted by atomic mass is 19.1. The van der Waals surface area contributed by atoms with Gasteiger partial charge in [-0.1, -0.05) is 50.1 Å². The second-order valence-corrected chi connectivity index (χ2v) is 7.95. The van der Waals surface area contributed by atoms with Crippen molar-refractivity contribution in [2.45, 2.75) is 32.8 Å². The molecule has 0 heterocycles. The van der Waals surface area contributed by atoms with Gasteiger partial charge in [-0.3, -0.25) is 0 Å². The van der Waals surface area contributed by atoms with Gasteiger partial charge in [0.25, 0.3) is 0 Å². The third-order valence-electron chi connectivity index (χ3n) is 5.23. The van der Waals surface area contributed by atoms with Gasteiger partial charge in [0.2, 0.25) is 0 Å². The summed E-state index contributed by atoms with van der Waals surface area (Å²) in [6.45, 7) is 3.03. The summed E-state index contributed by atoms with van der Waals surface area (Å²) in [7, 11) is 0. The number of hydrogen-bond acceptors (Lipinski definition) is 4. The Morgan fingerprint density at radius 2 is 1.67 bits per heavy atom. The van der Waals surface area contributed by atoms with E-state index in [4.69, 9.17) is 14.7 Å². The standard InChI is InChI=1S/C28H23F4NO3/c1-2-3-4-11-35-17-19-6-9-20(24(29)13-19)8-5-18-7-10-22(25(30)12-18)28(34)36-21-14-26(31)23(16-33)27(32)15-21/h5-10,12-15H,2-4,11,17H2,1H3.